The van der Waals surface area contributed by atoms with Crippen LogP contribution in [0.1, 0.15) is 38.2 Å². The minimum Gasteiger partial charge on any atom is -0.497 e. The average molecular weight is 625 g/mol. The molecule has 1 aromatic carbocycles. The van der Waals surface area contributed by atoms with E-state index in [1.165, 1.54) is 7.11 Å². The molecule has 0 spiro atoms. The molecule has 242 valence electrons. The van der Waals surface area contributed by atoms with E-state index in [-0.39, 0.29) is 31.8 Å². The summed E-state index contributed by atoms with van der Waals surface area (Å²) in [4.78, 5) is 54.2. The number of epoxide rings is 1. The Kier molecular flexibility index (Phi) is 11.0. The van der Waals surface area contributed by atoms with Gasteiger partial charge in [-0.1, -0.05) is 23.8 Å². The van der Waals surface area contributed by atoms with Crippen LogP contribution in [0.5, 0.6) is 5.75 Å². The van der Waals surface area contributed by atoms with Gasteiger partial charge in [-0.25, -0.2) is 0 Å². The predicted molar refractivity (Wildman–Crippen MR) is 152 cm³/mol. The van der Waals surface area contributed by atoms with Crippen molar-refractivity contribution >= 4 is 23.5 Å². The monoisotopic (exact) mass is 624 g/mol. The fourth-order valence-electron chi connectivity index (χ4n) is 5.21. The minimum absolute atomic E-state index is 0.189. The number of hydrogen-bond donors (Lipinski definition) is 3. The highest BCUT2D eigenvalue weighted by Gasteiger charge is 2.51. The molecule has 1 aliphatic carbocycles. The number of amides is 3. The van der Waals surface area contributed by atoms with Gasteiger partial charge in [-0.3, -0.25) is 24.1 Å². The maximum Gasteiger partial charge on any atom is 0.417 e. The van der Waals surface area contributed by atoms with Crippen molar-refractivity contribution in [3.63, 3.8) is 0 Å². The lowest BCUT2D eigenvalue weighted by atomic mass is 9.94. The molecule has 11 nitrogen and oxygen atoms in total. The van der Waals surface area contributed by atoms with Crippen molar-refractivity contribution in [2.75, 3.05) is 46.6 Å². The fraction of sp³-hybridized carbons (Fsp3) is 0.600. The summed E-state index contributed by atoms with van der Waals surface area (Å²) >= 11 is 0. The van der Waals surface area contributed by atoms with E-state index >= 15 is 0 Å². The number of hydrogen-bond acceptors (Lipinski definition) is 8. The highest BCUT2D eigenvalue weighted by atomic mass is 19.4. The van der Waals surface area contributed by atoms with Gasteiger partial charge in [-0.2, -0.15) is 13.2 Å². The van der Waals surface area contributed by atoms with Crippen LogP contribution >= 0.6 is 0 Å². The highest BCUT2D eigenvalue weighted by molar-refractivity contribution is 5.98. The molecule has 0 saturated carbocycles. The number of allylic oxidation sites excluding steroid dienone is 1. The molecule has 3 amide bonds. The number of rotatable bonds is 14. The second-order valence-electron chi connectivity index (χ2n) is 11.4. The number of morpholine rings is 1. The Labute approximate surface area is 253 Å². The van der Waals surface area contributed by atoms with Gasteiger partial charge in [-0.15, -0.1) is 0 Å². The molecule has 0 radical (unpaired) electrons. The summed E-state index contributed by atoms with van der Waals surface area (Å²) in [7, 11) is 1.47. The Morgan fingerprint density at radius 1 is 1.00 bits per heavy atom. The number of benzene rings is 1. The Bertz CT molecular complexity index is 1230. The van der Waals surface area contributed by atoms with E-state index in [2.05, 4.69) is 10.6 Å². The first-order valence-electron chi connectivity index (χ1n) is 14.6. The number of Topliss-reactive ketones (excluding diaryl/α,β-unsaturated/α-hetero) is 1. The largest absolute Gasteiger partial charge is 0.497 e. The maximum absolute atomic E-state index is 14.1. The van der Waals surface area contributed by atoms with Crippen molar-refractivity contribution in [3.05, 3.63) is 41.5 Å². The summed E-state index contributed by atoms with van der Waals surface area (Å²) in [6.07, 6.45) is -0.556. The van der Waals surface area contributed by atoms with Gasteiger partial charge in [0.05, 0.1) is 39.5 Å². The lowest BCUT2D eigenvalue weighted by Gasteiger charge is -2.28. The van der Waals surface area contributed by atoms with Crippen molar-refractivity contribution in [1.29, 1.82) is 0 Å². The summed E-state index contributed by atoms with van der Waals surface area (Å²) in [6.45, 7) is 2.86. The smallest absolute Gasteiger partial charge is 0.417 e. The number of carbonyl (C=O) groups excluding carboxylic acids is 4. The van der Waals surface area contributed by atoms with Crippen LogP contribution in [0.25, 0.3) is 0 Å². The molecular weight excluding hydrogens is 585 g/mol. The first kappa shape index (κ1) is 33.4. The first-order chi connectivity index (χ1) is 20.9. The topological polar surface area (TPSA) is 139 Å². The highest BCUT2D eigenvalue weighted by Crippen LogP contribution is 2.31. The molecule has 4 atom stereocenters. The molecule has 0 bridgehead atoms. The molecule has 2 heterocycles. The SMILES string of the molecule is COc1ccc(C[C@H](NC(=O)[C@@H](NC(=O)CN2CCOCC2)C(F)(F)F)C(=O)N[C@@H](CC2=CCCC2)C(=O)[C@@]2(C)CO2)cc1. The van der Waals surface area contributed by atoms with Gasteiger partial charge in [-0.05, 0) is 50.3 Å². The third kappa shape index (κ3) is 9.26. The summed E-state index contributed by atoms with van der Waals surface area (Å²) in [5.74, 6) is -3.26. The van der Waals surface area contributed by atoms with Crippen molar-refractivity contribution in [2.24, 2.45) is 0 Å². The van der Waals surface area contributed by atoms with E-state index < -0.39 is 47.6 Å². The van der Waals surface area contributed by atoms with Gasteiger partial charge in [0, 0.05) is 19.5 Å². The molecule has 2 saturated heterocycles. The number of alkyl halides is 3. The minimum atomic E-state index is -5.14. The van der Waals surface area contributed by atoms with Crippen LogP contribution in [0, 0.1) is 0 Å². The number of nitrogens with zero attached hydrogens (tertiary/aromatic N) is 1. The van der Waals surface area contributed by atoms with E-state index in [1.807, 2.05) is 6.08 Å². The molecule has 0 aromatic heterocycles. The predicted octanol–water partition coefficient (Wildman–Crippen LogP) is 1.45. The summed E-state index contributed by atoms with van der Waals surface area (Å²) < 4.78 is 57.8. The normalized spacial score (nSPS) is 22.2. The van der Waals surface area contributed by atoms with E-state index in [0.29, 0.717) is 37.6 Å². The van der Waals surface area contributed by atoms with E-state index in [9.17, 15) is 32.3 Å². The van der Waals surface area contributed by atoms with E-state index in [0.717, 1.165) is 24.8 Å². The van der Waals surface area contributed by atoms with Gasteiger partial charge in [0.2, 0.25) is 17.9 Å². The molecule has 1 aromatic rings. The Balaban J connectivity index is 1.52. The molecule has 3 N–H and O–H groups in total. The zero-order chi connectivity index (χ0) is 31.9. The zero-order valence-electron chi connectivity index (χ0n) is 24.8. The number of halogens is 3. The average Bonchev–Trinajstić information content (AvgIpc) is 3.53. The van der Waals surface area contributed by atoms with Gasteiger partial charge in [0.15, 0.2) is 5.78 Å². The fourth-order valence-corrected chi connectivity index (χ4v) is 5.21. The van der Waals surface area contributed by atoms with Crippen LogP contribution in [0.2, 0.25) is 0 Å². The van der Waals surface area contributed by atoms with Crippen molar-refractivity contribution in [3.8, 4) is 5.75 Å². The standard InChI is InChI=1S/C30H39F3N4O7/c1-29(18-44-29)26(39)22(15-19-5-3-4-6-19)34-27(40)23(16-20-7-9-21(42-2)10-8-20)35-28(41)25(30(31,32)33)36-24(38)17-37-11-13-43-14-12-37/h5,7-10,22-23,25H,3-4,6,11-18H2,1-2H3,(H,34,40)(H,35,41)(H,36,38)/t22-,23-,25+,29+/m0/s1. The first-order valence-corrected chi connectivity index (χ1v) is 14.6. The van der Waals surface area contributed by atoms with E-state index in [1.54, 1.807) is 41.4 Å². The van der Waals surface area contributed by atoms with Crippen LogP contribution in [0.4, 0.5) is 13.2 Å². The number of carbonyl (C=O) groups is 4. The number of ether oxygens (including phenoxy) is 3. The van der Waals surface area contributed by atoms with Crippen LogP contribution in [0.15, 0.2) is 35.9 Å². The van der Waals surface area contributed by atoms with Crippen molar-refractivity contribution in [2.45, 2.75) is 68.9 Å². The molecule has 44 heavy (non-hydrogen) atoms. The Hall–Kier alpha value is -3.49. The molecule has 2 aliphatic heterocycles. The third-order valence-electron chi connectivity index (χ3n) is 7.93. The molecule has 2 fully saturated rings. The third-order valence-corrected chi connectivity index (χ3v) is 7.93. The number of methoxy groups -OCH3 is 1. The number of nitrogens with one attached hydrogen (secondary N) is 3. The quantitative estimate of drug-likeness (QED) is 0.209. The molecule has 0 unspecified atom stereocenters. The lowest BCUT2D eigenvalue weighted by Crippen LogP contribution is -2.61. The van der Waals surface area contributed by atoms with Crippen molar-refractivity contribution < 1.29 is 46.6 Å². The summed E-state index contributed by atoms with van der Waals surface area (Å²) in [5.41, 5.74) is 0.451. The van der Waals surface area contributed by atoms with E-state index in [4.69, 9.17) is 14.2 Å². The van der Waals surface area contributed by atoms with Crippen LogP contribution in [0.3, 0.4) is 0 Å². The van der Waals surface area contributed by atoms with Gasteiger partial charge in [0.25, 0.3) is 5.91 Å². The van der Waals surface area contributed by atoms with Gasteiger partial charge >= 0.3 is 6.18 Å². The van der Waals surface area contributed by atoms with Crippen LogP contribution < -0.4 is 20.7 Å². The van der Waals surface area contributed by atoms with Crippen molar-refractivity contribution in [1.82, 2.24) is 20.9 Å². The Morgan fingerprint density at radius 2 is 1.66 bits per heavy atom. The van der Waals surface area contributed by atoms with Gasteiger partial charge < -0.3 is 30.2 Å². The number of ketones is 1. The molecule has 3 aliphatic rings. The lowest BCUT2D eigenvalue weighted by molar-refractivity contribution is -0.172. The molecular formula is C30H39F3N4O7. The second-order valence-corrected chi connectivity index (χ2v) is 11.4. The summed E-state index contributed by atoms with van der Waals surface area (Å²) in [5, 5.41) is 6.65. The zero-order valence-corrected chi connectivity index (χ0v) is 24.8. The summed E-state index contributed by atoms with van der Waals surface area (Å²) in [6, 6.07) is 1.05. The Morgan fingerprint density at radius 3 is 2.23 bits per heavy atom. The van der Waals surface area contributed by atoms with Gasteiger partial charge in [0.1, 0.15) is 17.4 Å². The molecule has 4 rings (SSSR count). The maximum atomic E-state index is 14.1. The second kappa shape index (κ2) is 14.5. The molecule has 14 heteroatoms. The van der Waals surface area contributed by atoms with Crippen LogP contribution in [-0.4, -0.2) is 105 Å². The van der Waals surface area contributed by atoms with Crippen LogP contribution in [-0.2, 0) is 35.1 Å².